The van der Waals surface area contributed by atoms with Crippen molar-refractivity contribution < 1.29 is 14.4 Å². The molecule has 0 spiro atoms. The van der Waals surface area contributed by atoms with Gasteiger partial charge in [-0.3, -0.25) is 19.4 Å². The Labute approximate surface area is 145 Å². The Balaban J connectivity index is 1.61. The molecule has 0 radical (unpaired) electrons. The summed E-state index contributed by atoms with van der Waals surface area (Å²) in [5.41, 5.74) is 6.43. The molecule has 0 saturated carbocycles. The van der Waals surface area contributed by atoms with Crippen LogP contribution in [0.25, 0.3) is 0 Å². The zero-order chi connectivity index (χ0) is 17.8. The number of Topliss-reactive ketones (excluding diaryl/α,β-unsaturated/α-hetero) is 1. The molecule has 128 valence electrons. The van der Waals surface area contributed by atoms with Gasteiger partial charge in [-0.05, 0) is 25.0 Å². The van der Waals surface area contributed by atoms with Gasteiger partial charge in [0.15, 0.2) is 5.78 Å². The monoisotopic (exact) mass is 337 g/mol. The SMILES string of the molecule is NC(=O)c1ccc(C(=O)N2CCC(C(=O)c3ccccc3)CC2)nc1. The predicted octanol–water partition coefficient (Wildman–Crippen LogP) is 1.92. The molecule has 1 aliphatic heterocycles. The van der Waals surface area contributed by atoms with Crippen molar-refractivity contribution >= 4 is 17.6 Å². The number of amides is 2. The zero-order valence-electron chi connectivity index (χ0n) is 13.7. The van der Waals surface area contributed by atoms with Crippen LogP contribution in [0.2, 0.25) is 0 Å². The first-order chi connectivity index (χ1) is 12.1. The second kappa shape index (κ2) is 7.25. The Morgan fingerprint density at radius 1 is 0.960 bits per heavy atom. The van der Waals surface area contributed by atoms with Crippen LogP contribution in [0.5, 0.6) is 0 Å². The van der Waals surface area contributed by atoms with E-state index in [2.05, 4.69) is 4.98 Å². The van der Waals surface area contributed by atoms with Crippen molar-refractivity contribution in [3.8, 4) is 0 Å². The number of nitrogens with two attached hydrogens (primary N) is 1. The molecule has 0 aliphatic carbocycles. The minimum absolute atomic E-state index is 0.0587. The van der Waals surface area contributed by atoms with Crippen LogP contribution < -0.4 is 5.73 Å². The number of likely N-dealkylation sites (tertiary alicyclic amines) is 1. The molecule has 3 rings (SSSR count). The van der Waals surface area contributed by atoms with Gasteiger partial charge in [-0.15, -0.1) is 0 Å². The van der Waals surface area contributed by atoms with E-state index in [1.165, 1.54) is 18.3 Å². The molecular formula is C19H19N3O3. The Morgan fingerprint density at radius 3 is 2.20 bits per heavy atom. The molecule has 6 heteroatoms. The van der Waals surface area contributed by atoms with Crippen LogP contribution in [0.3, 0.4) is 0 Å². The maximum Gasteiger partial charge on any atom is 0.272 e. The van der Waals surface area contributed by atoms with Crippen LogP contribution in [0, 0.1) is 5.92 Å². The number of primary amides is 1. The van der Waals surface area contributed by atoms with E-state index in [0.717, 1.165) is 5.56 Å². The fourth-order valence-corrected chi connectivity index (χ4v) is 3.01. The lowest BCUT2D eigenvalue weighted by molar-refractivity contribution is 0.0645. The summed E-state index contributed by atoms with van der Waals surface area (Å²) < 4.78 is 0. The van der Waals surface area contributed by atoms with E-state index in [1.807, 2.05) is 30.3 Å². The fraction of sp³-hybridized carbons (Fsp3) is 0.263. The van der Waals surface area contributed by atoms with Gasteiger partial charge in [-0.2, -0.15) is 0 Å². The number of pyridine rings is 1. The third-order valence-corrected chi connectivity index (χ3v) is 4.48. The summed E-state index contributed by atoms with van der Waals surface area (Å²) in [7, 11) is 0. The minimum atomic E-state index is -0.577. The summed E-state index contributed by atoms with van der Waals surface area (Å²) >= 11 is 0. The maximum atomic E-state index is 12.5. The summed E-state index contributed by atoms with van der Waals surface area (Å²) in [5, 5.41) is 0. The Kier molecular flexibility index (Phi) is 4.88. The Morgan fingerprint density at radius 2 is 1.64 bits per heavy atom. The quantitative estimate of drug-likeness (QED) is 0.863. The number of aromatic nitrogens is 1. The number of nitrogens with zero attached hydrogens (tertiary/aromatic N) is 2. The highest BCUT2D eigenvalue weighted by Crippen LogP contribution is 2.22. The van der Waals surface area contributed by atoms with E-state index in [1.54, 1.807) is 4.90 Å². The van der Waals surface area contributed by atoms with Crippen LogP contribution in [0.15, 0.2) is 48.7 Å². The second-order valence-corrected chi connectivity index (χ2v) is 6.09. The molecule has 25 heavy (non-hydrogen) atoms. The van der Waals surface area contributed by atoms with Gasteiger partial charge in [0.2, 0.25) is 5.91 Å². The van der Waals surface area contributed by atoms with Gasteiger partial charge in [-0.1, -0.05) is 30.3 Å². The molecule has 1 aliphatic rings. The molecule has 2 N–H and O–H groups in total. The van der Waals surface area contributed by atoms with E-state index in [4.69, 9.17) is 5.73 Å². The third-order valence-electron chi connectivity index (χ3n) is 4.48. The standard InChI is InChI=1S/C19H19N3O3/c20-18(24)15-6-7-16(21-12-15)19(25)22-10-8-14(9-11-22)17(23)13-4-2-1-3-5-13/h1-7,12,14H,8-11H2,(H2,20,24). The topological polar surface area (TPSA) is 93.4 Å². The van der Waals surface area contributed by atoms with Crippen molar-refractivity contribution in [2.24, 2.45) is 11.7 Å². The average Bonchev–Trinajstić information content (AvgIpc) is 2.67. The van der Waals surface area contributed by atoms with Gasteiger partial charge in [0.25, 0.3) is 5.91 Å². The first kappa shape index (κ1) is 16.8. The van der Waals surface area contributed by atoms with E-state index in [9.17, 15) is 14.4 Å². The number of hydrogen-bond acceptors (Lipinski definition) is 4. The largest absolute Gasteiger partial charge is 0.366 e. The van der Waals surface area contributed by atoms with Gasteiger partial charge in [0.1, 0.15) is 5.69 Å². The molecule has 2 amide bonds. The minimum Gasteiger partial charge on any atom is -0.366 e. The molecule has 0 unspecified atom stereocenters. The normalized spacial score (nSPS) is 15.0. The number of benzene rings is 1. The number of piperidine rings is 1. The number of carbonyl (C=O) groups is 3. The van der Waals surface area contributed by atoms with Crippen molar-refractivity contribution in [2.45, 2.75) is 12.8 Å². The summed E-state index contributed by atoms with van der Waals surface area (Å²) in [5.74, 6) is -0.693. The van der Waals surface area contributed by atoms with E-state index in [0.29, 0.717) is 25.9 Å². The lowest BCUT2D eigenvalue weighted by Crippen LogP contribution is -2.40. The number of carbonyl (C=O) groups excluding carboxylic acids is 3. The molecule has 2 aromatic rings. The molecular weight excluding hydrogens is 318 g/mol. The first-order valence-electron chi connectivity index (χ1n) is 8.20. The van der Waals surface area contributed by atoms with Crippen LogP contribution in [-0.2, 0) is 0 Å². The van der Waals surface area contributed by atoms with Crippen molar-refractivity contribution in [3.63, 3.8) is 0 Å². The summed E-state index contributed by atoms with van der Waals surface area (Å²) in [6, 6.07) is 12.2. The number of rotatable bonds is 4. The molecule has 0 bridgehead atoms. The number of ketones is 1. The average molecular weight is 337 g/mol. The highest BCUT2D eigenvalue weighted by molar-refractivity contribution is 5.98. The van der Waals surface area contributed by atoms with Crippen LogP contribution in [-0.4, -0.2) is 40.6 Å². The van der Waals surface area contributed by atoms with Crippen molar-refractivity contribution in [1.82, 2.24) is 9.88 Å². The fourth-order valence-electron chi connectivity index (χ4n) is 3.01. The number of hydrogen-bond donors (Lipinski definition) is 1. The van der Waals surface area contributed by atoms with Gasteiger partial charge in [0.05, 0.1) is 5.56 Å². The second-order valence-electron chi connectivity index (χ2n) is 6.09. The van der Waals surface area contributed by atoms with Crippen LogP contribution >= 0.6 is 0 Å². The van der Waals surface area contributed by atoms with Gasteiger partial charge >= 0.3 is 0 Å². The van der Waals surface area contributed by atoms with Crippen molar-refractivity contribution in [3.05, 3.63) is 65.5 Å². The van der Waals surface area contributed by atoms with Gasteiger partial charge in [-0.25, -0.2) is 0 Å². The zero-order valence-corrected chi connectivity index (χ0v) is 13.7. The van der Waals surface area contributed by atoms with E-state index in [-0.39, 0.29) is 28.9 Å². The molecule has 1 saturated heterocycles. The lowest BCUT2D eigenvalue weighted by Gasteiger charge is -2.31. The highest BCUT2D eigenvalue weighted by atomic mass is 16.2. The van der Waals surface area contributed by atoms with Gasteiger partial charge < -0.3 is 10.6 Å². The predicted molar refractivity (Wildman–Crippen MR) is 92.2 cm³/mol. The summed E-state index contributed by atoms with van der Waals surface area (Å²) in [6.45, 7) is 1.03. The van der Waals surface area contributed by atoms with E-state index >= 15 is 0 Å². The maximum absolute atomic E-state index is 12.5. The van der Waals surface area contributed by atoms with Crippen LogP contribution in [0.1, 0.15) is 44.0 Å². The van der Waals surface area contributed by atoms with E-state index < -0.39 is 5.91 Å². The van der Waals surface area contributed by atoms with Crippen molar-refractivity contribution in [1.29, 1.82) is 0 Å². The Hall–Kier alpha value is -3.02. The molecule has 0 atom stereocenters. The third kappa shape index (κ3) is 3.74. The molecule has 1 aromatic heterocycles. The highest BCUT2D eigenvalue weighted by Gasteiger charge is 2.28. The Bertz CT molecular complexity index is 779. The van der Waals surface area contributed by atoms with Gasteiger partial charge in [0, 0.05) is 30.8 Å². The smallest absolute Gasteiger partial charge is 0.272 e. The van der Waals surface area contributed by atoms with Crippen LogP contribution in [0.4, 0.5) is 0 Å². The molecule has 6 nitrogen and oxygen atoms in total. The molecule has 1 aromatic carbocycles. The molecule has 1 fully saturated rings. The molecule has 2 heterocycles. The first-order valence-corrected chi connectivity index (χ1v) is 8.20. The summed E-state index contributed by atoms with van der Waals surface area (Å²) in [6.07, 6.45) is 2.58. The summed E-state index contributed by atoms with van der Waals surface area (Å²) in [4.78, 5) is 41.7. The van der Waals surface area contributed by atoms with Crippen molar-refractivity contribution in [2.75, 3.05) is 13.1 Å². The lowest BCUT2D eigenvalue weighted by atomic mass is 9.89.